The molecule has 2 aromatic carbocycles. The van der Waals surface area contributed by atoms with Gasteiger partial charge in [0.15, 0.2) is 5.75 Å². The number of benzene rings is 2. The number of aromatic carboxylic acids is 1. The number of aromatic hydroxyl groups is 1. The minimum atomic E-state index is -1.27. The summed E-state index contributed by atoms with van der Waals surface area (Å²) in [6.45, 7) is 5.77. The quantitative estimate of drug-likeness (QED) is 0.377. The van der Waals surface area contributed by atoms with E-state index >= 15 is 0 Å². The summed E-state index contributed by atoms with van der Waals surface area (Å²) in [7, 11) is 0. The van der Waals surface area contributed by atoms with Crippen LogP contribution in [-0.2, 0) is 5.41 Å². The van der Waals surface area contributed by atoms with Crippen LogP contribution in [0.1, 0.15) is 90.6 Å². The smallest absolute Gasteiger partial charge is 0.347 e. The van der Waals surface area contributed by atoms with Crippen LogP contribution in [0.3, 0.4) is 0 Å². The Morgan fingerprint density at radius 3 is 2.19 bits per heavy atom. The molecule has 166 valence electrons. The molecule has 1 saturated carbocycles. The third kappa shape index (κ3) is 5.16. The first-order chi connectivity index (χ1) is 14.5. The van der Waals surface area contributed by atoms with Gasteiger partial charge in [0.25, 0.3) is 0 Å². The third-order valence-corrected chi connectivity index (χ3v) is 6.29. The van der Waals surface area contributed by atoms with Gasteiger partial charge >= 0.3 is 11.9 Å². The lowest BCUT2D eigenvalue weighted by Crippen LogP contribution is -2.16. The highest BCUT2D eigenvalue weighted by atomic mass is 35.5. The van der Waals surface area contributed by atoms with Gasteiger partial charge in [-0.05, 0) is 59.6 Å². The van der Waals surface area contributed by atoms with E-state index in [9.17, 15) is 19.8 Å². The Morgan fingerprint density at radius 2 is 1.61 bits per heavy atom. The molecule has 1 aliphatic carbocycles. The summed E-state index contributed by atoms with van der Waals surface area (Å²) in [5.41, 5.74) is 0.874. The normalized spacial score (nSPS) is 15.0. The number of hydrogen-bond acceptors (Lipinski definition) is 4. The van der Waals surface area contributed by atoms with Crippen molar-refractivity contribution < 1.29 is 24.5 Å². The van der Waals surface area contributed by atoms with Crippen LogP contribution >= 0.6 is 23.2 Å². The van der Waals surface area contributed by atoms with Gasteiger partial charge in [0.1, 0.15) is 16.9 Å². The molecule has 0 bridgehead atoms. The standard InChI is InChI=1S/C24H26Cl2O5/c1-24(2,3)15-11-17(22(28)29)21(19(26)12-15)31-23(30)16-9-14(10-18(25)20(16)27)13-7-5-4-6-8-13/h9-13,27H,4-8H2,1-3H3,(H,28,29). The number of hydrogen-bond donors (Lipinski definition) is 2. The van der Waals surface area contributed by atoms with Crippen molar-refractivity contribution in [2.24, 2.45) is 0 Å². The number of carboxylic acids is 1. The number of phenolic OH excluding ortho intramolecular Hbond substituents is 1. The molecule has 0 unspecified atom stereocenters. The van der Waals surface area contributed by atoms with E-state index in [2.05, 4.69) is 0 Å². The Kier molecular flexibility index (Phi) is 6.87. The monoisotopic (exact) mass is 464 g/mol. The second-order valence-corrected chi connectivity index (χ2v) is 9.83. The van der Waals surface area contributed by atoms with Gasteiger partial charge in [-0.25, -0.2) is 9.59 Å². The SMILES string of the molecule is CC(C)(C)c1cc(Cl)c(OC(=O)c2cc(C3CCCCC3)cc(Cl)c2O)c(C(=O)O)c1. The minimum absolute atomic E-state index is 0.00666. The van der Waals surface area contributed by atoms with E-state index in [1.165, 1.54) is 12.5 Å². The molecule has 2 aromatic rings. The van der Waals surface area contributed by atoms with Gasteiger partial charge in [-0.2, -0.15) is 0 Å². The summed E-state index contributed by atoms with van der Waals surface area (Å²) in [6.07, 6.45) is 5.34. The molecule has 0 spiro atoms. The van der Waals surface area contributed by atoms with Gasteiger partial charge < -0.3 is 14.9 Å². The summed E-state index contributed by atoms with van der Waals surface area (Å²) in [5.74, 6) is -2.59. The summed E-state index contributed by atoms with van der Waals surface area (Å²) in [5, 5.41) is 20.1. The Balaban J connectivity index is 2.00. The predicted molar refractivity (Wildman–Crippen MR) is 121 cm³/mol. The molecule has 0 heterocycles. The molecule has 0 saturated heterocycles. The lowest BCUT2D eigenvalue weighted by Gasteiger charge is -2.23. The summed E-state index contributed by atoms with van der Waals surface area (Å²) in [4.78, 5) is 24.8. The Morgan fingerprint density at radius 1 is 0.968 bits per heavy atom. The zero-order valence-electron chi connectivity index (χ0n) is 17.8. The van der Waals surface area contributed by atoms with Crippen LogP contribution in [0.25, 0.3) is 0 Å². The van der Waals surface area contributed by atoms with Crippen molar-refractivity contribution in [3.8, 4) is 11.5 Å². The minimum Gasteiger partial charge on any atom is -0.505 e. The fourth-order valence-electron chi connectivity index (χ4n) is 3.88. The molecule has 0 aromatic heterocycles. The van der Waals surface area contributed by atoms with Crippen LogP contribution in [0.5, 0.6) is 11.5 Å². The number of phenols is 1. The molecular formula is C24H26Cl2O5. The zero-order valence-corrected chi connectivity index (χ0v) is 19.3. The molecule has 5 nitrogen and oxygen atoms in total. The van der Waals surface area contributed by atoms with Crippen molar-refractivity contribution in [3.05, 3.63) is 56.6 Å². The fraction of sp³-hybridized carbons (Fsp3) is 0.417. The van der Waals surface area contributed by atoms with Crippen molar-refractivity contribution in [1.29, 1.82) is 0 Å². The highest BCUT2D eigenvalue weighted by molar-refractivity contribution is 6.33. The van der Waals surface area contributed by atoms with Gasteiger partial charge in [-0.3, -0.25) is 0 Å². The number of halogens is 2. The molecule has 31 heavy (non-hydrogen) atoms. The zero-order chi connectivity index (χ0) is 22.9. The number of carbonyl (C=O) groups is 2. The average molecular weight is 465 g/mol. The third-order valence-electron chi connectivity index (χ3n) is 5.72. The fourth-order valence-corrected chi connectivity index (χ4v) is 4.37. The first-order valence-electron chi connectivity index (χ1n) is 10.3. The number of ether oxygens (including phenoxy) is 1. The molecule has 1 fully saturated rings. The van der Waals surface area contributed by atoms with Crippen molar-refractivity contribution in [3.63, 3.8) is 0 Å². The van der Waals surface area contributed by atoms with Gasteiger partial charge in [0, 0.05) is 0 Å². The first-order valence-corrected chi connectivity index (χ1v) is 11.1. The summed E-state index contributed by atoms with van der Waals surface area (Å²) >= 11 is 12.5. The van der Waals surface area contributed by atoms with Crippen LogP contribution in [-0.4, -0.2) is 22.2 Å². The van der Waals surface area contributed by atoms with Crippen LogP contribution < -0.4 is 4.74 Å². The molecule has 2 N–H and O–H groups in total. The van der Waals surface area contributed by atoms with Crippen molar-refractivity contribution in [2.75, 3.05) is 0 Å². The summed E-state index contributed by atoms with van der Waals surface area (Å²) < 4.78 is 5.40. The molecule has 0 amide bonds. The molecule has 0 aliphatic heterocycles. The van der Waals surface area contributed by atoms with Gasteiger partial charge in [0.05, 0.1) is 10.0 Å². The van der Waals surface area contributed by atoms with Crippen molar-refractivity contribution in [2.45, 2.75) is 64.2 Å². The molecule has 1 aliphatic rings. The van der Waals surface area contributed by atoms with E-state index in [1.54, 1.807) is 18.2 Å². The van der Waals surface area contributed by atoms with Crippen LogP contribution in [0, 0.1) is 0 Å². The van der Waals surface area contributed by atoms with E-state index in [0.717, 1.165) is 31.2 Å². The largest absolute Gasteiger partial charge is 0.505 e. The van der Waals surface area contributed by atoms with Gasteiger partial charge in [0.2, 0.25) is 0 Å². The van der Waals surface area contributed by atoms with Gasteiger partial charge in [-0.1, -0.05) is 63.2 Å². The van der Waals surface area contributed by atoms with Crippen LogP contribution in [0.4, 0.5) is 0 Å². The second-order valence-electron chi connectivity index (χ2n) is 9.01. The predicted octanol–water partition coefficient (Wildman–Crippen LogP) is 6.96. The highest BCUT2D eigenvalue weighted by Crippen LogP contribution is 2.40. The van der Waals surface area contributed by atoms with Crippen molar-refractivity contribution >= 4 is 35.1 Å². The molecule has 7 heteroatoms. The molecule has 0 atom stereocenters. The average Bonchev–Trinajstić information content (AvgIpc) is 2.70. The Labute approximate surface area is 191 Å². The van der Waals surface area contributed by atoms with Crippen LogP contribution in [0.2, 0.25) is 10.0 Å². The van der Waals surface area contributed by atoms with E-state index in [4.69, 9.17) is 27.9 Å². The van der Waals surface area contributed by atoms with Crippen LogP contribution in [0.15, 0.2) is 24.3 Å². The number of carbonyl (C=O) groups excluding carboxylic acids is 1. The lowest BCUT2D eigenvalue weighted by atomic mass is 9.83. The summed E-state index contributed by atoms with van der Waals surface area (Å²) in [6, 6.07) is 6.29. The molecule has 0 radical (unpaired) electrons. The number of esters is 1. The maximum Gasteiger partial charge on any atom is 0.347 e. The number of rotatable bonds is 4. The van der Waals surface area contributed by atoms with E-state index < -0.39 is 17.7 Å². The maximum atomic E-state index is 12.9. The molecular weight excluding hydrogens is 439 g/mol. The second kappa shape index (κ2) is 9.09. The number of carboxylic acid groups (broad SMARTS) is 1. The van der Waals surface area contributed by atoms with E-state index in [0.29, 0.717) is 5.56 Å². The van der Waals surface area contributed by atoms with Gasteiger partial charge in [-0.15, -0.1) is 0 Å². The molecule has 3 rings (SSSR count). The Bertz CT molecular complexity index is 1020. The topological polar surface area (TPSA) is 83.8 Å². The van der Waals surface area contributed by atoms with E-state index in [1.807, 2.05) is 20.8 Å². The Hall–Kier alpha value is -2.24. The highest BCUT2D eigenvalue weighted by Gasteiger charge is 2.27. The van der Waals surface area contributed by atoms with E-state index in [-0.39, 0.29) is 38.3 Å². The lowest BCUT2D eigenvalue weighted by molar-refractivity contribution is 0.0680. The maximum absolute atomic E-state index is 12.9. The van der Waals surface area contributed by atoms with Crippen molar-refractivity contribution in [1.82, 2.24) is 0 Å². The first kappa shape index (κ1) is 23.4.